The summed E-state index contributed by atoms with van der Waals surface area (Å²) >= 11 is 0. The van der Waals surface area contributed by atoms with E-state index in [1.165, 1.54) is 5.56 Å². The van der Waals surface area contributed by atoms with Crippen LogP contribution >= 0.6 is 0 Å². The number of nitrogens with one attached hydrogen (secondary N) is 1. The number of benzene rings is 1. The van der Waals surface area contributed by atoms with Crippen molar-refractivity contribution in [3.05, 3.63) is 36.0 Å². The number of aromatic nitrogens is 1. The van der Waals surface area contributed by atoms with Crippen LogP contribution in [0.3, 0.4) is 0 Å². The maximum Gasteiger partial charge on any atom is 0.325 e. The summed E-state index contributed by atoms with van der Waals surface area (Å²) in [4.78, 5) is 11.5. The fourth-order valence-electron chi connectivity index (χ4n) is 2.05. The van der Waals surface area contributed by atoms with E-state index in [-0.39, 0.29) is 12.5 Å². The zero-order chi connectivity index (χ0) is 13.0. The van der Waals surface area contributed by atoms with Crippen molar-refractivity contribution in [2.24, 2.45) is 0 Å². The molecular formula is C14H18N2O2. The van der Waals surface area contributed by atoms with Crippen molar-refractivity contribution < 1.29 is 9.53 Å². The first-order valence-electron chi connectivity index (χ1n) is 6.12. The minimum atomic E-state index is -0.200. The van der Waals surface area contributed by atoms with E-state index in [1.54, 1.807) is 0 Å². The Morgan fingerprint density at radius 3 is 2.94 bits per heavy atom. The molecule has 0 radical (unpaired) electrons. The number of ether oxygens (including phenoxy) is 1. The van der Waals surface area contributed by atoms with Gasteiger partial charge >= 0.3 is 5.97 Å². The van der Waals surface area contributed by atoms with Crippen molar-refractivity contribution >= 4 is 16.9 Å². The first-order valence-corrected chi connectivity index (χ1v) is 6.12. The molecule has 2 aromatic rings. The normalized spacial score (nSPS) is 10.8. The number of carbonyl (C=O) groups is 1. The Kier molecular flexibility index (Phi) is 3.99. The summed E-state index contributed by atoms with van der Waals surface area (Å²) in [7, 11) is 1.93. The summed E-state index contributed by atoms with van der Waals surface area (Å²) in [6.45, 7) is 3.35. The lowest BCUT2D eigenvalue weighted by molar-refractivity contribution is -0.143. The Hall–Kier alpha value is -1.81. The Morgan fingerprint density at radius 1 is 1.39 bits per heavy atom. The topological polar surface area (TPSA) is 43.3 Å². The Balaban J connectivity index is 2.23. The monoisotopic (exact) mass is 246 g/mol. The number of hydrogen-bond acceptors (Lipinski definition) is 3. The van der Waals surface area contributed by atoms with E-state index in [9.17, 15) is 4.79 Å². The van der Waals surface area contributed by atoms with Gasteiger partial charge in [0, 0.05) is 18.3 Å². The van der Waals surface area contributed by atoms with Gasteiger partial charge in [-0.1, -0.05) is 6.07 Å². The van der Waals surface area contributed by atoms with E-state index in [0.717, 1.165) is 17.4 Å². The third kappa shape index (κ3) is 2.71. The van der Waals surface area contributed by atoms with Gasteiger partial charge in [0.25, 0.3) is 0 Å². The molecule has 1 aromatic carbocycles. The quantitative estimate of drug-likeness (QED) is 0.820. The molecule has 2 rings (SSSR count). The standard InChI is InChI=1S/C14H18N2O2/c1-3-18-14(17)10-16-7-6-12-8-11(9-15-2)4-5-13(12)16/h4-8,15H,3,9-10H2,1-2H3. The lowest BCUT2D eigenvalue weighted by Gasteiger charge is -2.06. The SMILES string of the molecule is CCOC(=O)Cn1ccc2cc(CNC)ccc21. The van der Waals surface area contributed by atoms with Crippen LogP contribution in [-0.2, 0) is 22.6 Å². The highest BCUT2D eigenvalue weighted by atomic mass is 16.5. The molecule has 18 heavy (non-hydrogen) atoms. The molecule has 0 saturated carbocycles. The van der Waals surface area contributed by atoms with E-state index in [0.29, 0.717) is 6.61 Å². The highest BCUT2D eigenvalue weighted by Crippen LogP contribution is 2.17. The first-order chi connectivity index (χ1) is 8.74. The van der Waals surface area contributed by atoms with Crippen molar-refractivity contribution in [3.8, 4) is 0 Å². The van der Waals surface area contributed by atoms with E-state index in [2.05, 4.69) is 17.4 Å². The predicted octanol–water partition coefficient (Wildman–Crippen LogP) is 1.92. The van der Waals surface area contributed by atoms with Crippen LogP contribution in [0.5, 0.6) is 0 Å². The Bertz CT molecular complexity index is 546. The van der Waals surface area contributed by atoms with Gasteiger partial charge in [-0.2, -0.15) is 0 Å². The molecule has 1 aromatic heterocycles. The number of carbonyl (C=O) groups excluding carboxylic acids is 1. The van der Waals surface area contributed by atoms with Gasteiger partial charge in [-0.05, 0) is 43.1 Å². The van der Waals surface area contributed by atoms with E-state index in [1.807, 2.05) is 36.9 Å². The maximum absolute atomic E-state index is 11.5. The number of hydrogen-bond donors (Lipinski definition) is 1. The second-order valence-electron chi connectivity index (χ2n) is 4.17. The van der Waals surface area contributed by atoms with Crippen LogP contribution in [-0.4, -0.2) is 24.2 Å². The summed E-state index contributed by atoms with van der Waals surface area (Å²) in [5, 5.41) is 4.27. The molecule has 0 fully saturated rings. The molecule has 4 nitrogen and oxygen atoms in total. The van der Waals surface area contributed by atoms with Gasteiger partial charge in [-0.15, -0.1) is 0 Å². The molecule has 0 saturated heterocycles. The summed E-state index contributed by atoms with van der Waals surface area (Å²) < 4.78 is 6.87. The van der Waals surface area contributed by atoms with Crippen LogP contribution in [0, 0.1) is 0 Å². The predicted molar refractivity (Wildman–Crippen MR) is 71.3 cm³/mol. The minimum absolute atomic E-state index is 0.200. The van der Waals surface area contributed by atoms with Crippen LogP contribution < -0.4 is 5.32 Å². The summed E-state index contributed by atoms with van der Waals surface area (Å²) in [5.74, 6) is -0.200. The number of rotatable bonds is 5. The van der Waals surface area contributed by atoms with Crippen molar-refractivity contribution in [2.45, 2.75) is 20.0 Å². The van der Waals surface area contributed by atoms with Crippen LogP contribution in [0.15, 0.2) is 30.5 Å². The number of nitrogens with zero attached hydrogens (tertiary/aromatic N) is 1. The minimum Gasteiger partial charge on any atom is -0.465 e. The van der Waals surface area contributed by atoms with Gasteiger partial charge in [0.15, 0.2) is 0 Å². The van der Waals surface area contributed by atoms with Gasteiger partial charge in [-0.25, -0.2) is 0 Å². The molecule has 0 aliphatic carbocycles. The highest BCUT2D eigenvalue weighted by molar-refractivity contribution is 5.82. The smallest absolute Gasteiger partial charge is 0.325 e. The van der Waals surface area contributed by atoms with Crippen molar-refractivity contribution in [2.75, 3.05) is 13.7 Å². The zero-order valence-electron chi connectivity index (χ0n) is 10.8. The van der Waals surface area contributed by atoms with Crippen LogP contribution in [0.25, 0.3) is 10.9 Å². The summed E-state index contributed by atoms with van der Waals surface area (Å²) in [6.07, 6.45) is 1.92. The third-order valence-corrected chi connectivity index (χ3v) is 2.82. The second-order valence-corrected chi connectivity index (χ2v) is 4.17. The summed E-state index contributed by atoms with van der Waals surface area (Å²) in [5.41, 5.74) is 2.29. The van der Waals surface area contributed by atoms with E-state index < -0.39 is 0 Å². The number of esters is 1. The van der Waals surface area contributed by atoms with E-state index >= 15 is 0 Å². The van der Waals surface area contributed by atoms with Crippen molar-refractivity contribution in [3.63, 3.8) is 0 Å². The lowest BCUT2D eigenvalue weighted by Crippen LogP contribution is -2.12. The van der Waals surface area contributed by atoms with Crippen LogP contribution in [0.1, 0.15) is 12.5 Å². The molecule has 0 atom stereocenters. The average Bonchev–Trinajstić information content (AvgIpc) is 2.73. The molecule has 96 valence electrons. The highest BCUT2D eigenvalue weighted by Gasteiger charge is 2.07. The Morgan fingerprint density at radius 2 is 2.22 bits per heavy atom. The second kappa shape index (κ2) is 5.69. The van der Waals surface area contributed by atoms with Gasteiger partial charge < -0.3 is 14.6 Å². The van der Waals surface area contributed by atoms with Gasteiger partial charge in [0.2, 0.25) is 0 Å². The molecule has 0 aliphatic heterocycles. The first kappa shape index (κ1) is 12.6. The summed E-state index contributed by atoms with van der Waals surface area (Å²) in [6, 6.07) is 8.27. The Labute approximate surface area is 107 Å². The largest absolute Gasteiger partial charge is 0.465 e. The molecular weight excluding hydrogens is 228 g/mol. The molecule has 0 amide bonds. The maximum atomic E-state index is 11.5. The number of fused-ring (bicyclic) bond motifs is 1. The molecule has 0 bridgehead atoms. The van der Waals surface area contributed by atoms with E-state index in [4.69, 9.17) is 4.74 Å². The van der Waals surface area contributed by atoms with Crippen molar-refractivity contribution in [1.29, 1.82) is 0 Å². The third-order valence-electron chi connectivity index (χ3n) is 2.82. The van der Waals surface area contributed by atoms with Crippen LogP contribution in [0.4, 0.5) is 0 Å². The van der Waals surface area contributed by atoms with Crippen LogP contribution in [0.2, 0.25) is 0 Å². The average molecular weight is 246 g/mol. The fraction of sp³-hybridized carbons (Fsp3) is 0.357. The lowest BCUT2D eigenvalue weighted by atomic mass is 10.1. The molecule has 0 spiro atoms. The molecule has 1 N–H and O–H groups in total. The molecule has 4 heteroatoms. The fourth-order valence-corrected chi connectivity index (χ4v) is 2.05. The van der Waals surface area contributed by atoms with Gasteiger partial charge in [0.05, 0.1) is 6.61 Å². The molecule has 1 heterocycles. The van der Waals surface area contributed by atoms with Gasteiger partial charge in [0.1, 0.15) is 6.54 Å². The molecule has 0 aliphatic rings. The zero-order valence-corrected chi connectivity index (χ0v) is 10.8. The van der Waals surface area contributed by atoms with Gasteiger partial charge in [-0.3, -0.25) is 4.79 Å². The molecule has 0 unspecified atom stereocenters. The van der Waals surface area contributed by atoms with Crippen molar-refractivity contribution in [1.82, 2.24) is 9.88 Å².